The first kappa shape index (κ1) is 14.0. The zero-order valence-corrected chi connectivity index (χ0v) is 13.4. The number of fused-ring (bicyclic) bond motifs is 2. The van der Waals surface area contributed by atoms with Crippen LogP contribution in [0.4, 0.5) is 5.69 Å². The Hall–Kier alpha value is -1.66. The summed E-state index contributed by atoms with van der Waals surface area (Å²) in [5, 5.41) is 9.97. The van der Waals surface area contributed by atoms with E-state index in [1.165, 1.54) is 24.2 Å². The molecule has 2 aliphatic rings. The number of piperidine rings is 1. The van der Waals surface area contributed by atoms with E-state index in [0.717, 1.165) is 29.1 Å². The van der Waals surface area contributed by atoms with Gasteiger partial charge in [0.15, 0.2) is 5.01 Å². The van der Waals surface area contributed by atoms with Gasteiger partial charge < -0.3 is 15.4 Å². The number of nitrogen functional groups attached to an aromatic ring is 1. The van der Waals surface area contributed by atoms with Crippen molar-refractivity contribution >= 4 is 17.0 Å². The van der Waals surface area contributed by atoms with Gasteiger partial charge in [-0.05, 0) is 44.9 Å². The van der Waals surface area contributed by atoms with Gasteiger partial charge in [-0.3, -0.25) is 0 Å². The second-order valence-electron chi connectivity index (χ2n) is 6.26. The van der Waals surface area contributed by atoms with E-state index in [1.807, 2.05) is 24.3 Å². The Morgan fingerprint density at radius 2 is 2.00 bits per heavy atom. The van der Waals surface area contributed by atoms with Crippen molar-refractivity contribution in [1.82, 2.24) is 15.1 Å². The SMILES string of the molecule is CN1C2CC[C@H]1CC(Oc1nnc(-c3cccc(N)c3)s1)C2. The number of nitrogens with two attached hydrogens (primary N) is 1. The minimum atomic E-state index is 0.273. The second kappa shape index (κ2) is 5.52. The Morgan fingerprint density at radius 3 is 2.73 bits per heavy atom. The lowest BCUT2D eigenvalue weighted by Crippen LogP contribution is -2.43. The molecule has 1 aromatic heterocycles. The molecule has 2 bridgehead atoms. The molecule has 5 nitrogen and oxygen atoms in total. The Balaban J connectivity index is 1.46. The number of rotatable bonds is 3. The standard InChI is InChI=1S/C16H20N4OS/c1-20-12-5-6-13(20)9-14(8-12)21-16-19-18-15(22-16)10-3-2-4-11(17)7-10/h2-4,7,12-14H,5-6,8-9,17H2,1H3/t12-,13?,14?/m0/s1. The van der Waals surface area contributed by atoms with Crippen LogP contribution in [0.25, 0.3) is 10.6 Å². The maximum absolute atomic E-state index is 6.10. The van der Waals surface area contributed by atoms with Gasteiger partial charge in [-0.25, -0.2) is 0 Å². The van der Waals surface area contributed by atoms with Crippen molar-refractivity contribution in [3.63, 3.8) is 0 Å². The third kappa shape index (κ3) is 2.57. The van der Waals surface area contributed by atoms with E-state index in [4.69, 9.17) is 10.5 Å². The normalized spacial score (nSPS) is 28.0. The smallest absolute Gasteiger partial charge is 0.294 e. The minimum Gasteiger partial charge on any atom is -0.465 e. The summed E-state index contributed by atoms with van der Waals surface area (Å²) in [5.74, 6) is 0. The topological polar surface area (TPSA) is 64.3 Å². The molecule has 2 aliphatic heterocycles. The molecule has 2 fully saturated rings. The highest BCUT2D eigenvalue weighted by Gasteiger charge is 2.39. The lowest BCUT2D eigenvalue weighted by Gasteiger charge is -2.35. The van der Waals surface area contributed by atoms with Crippen molar-refractivity contribution in [1.29, 1.82) is 0 Å². The number of hydrogen-bond donors (Lipinski definition) is 1. The lowest BCUT2D eigenvalue weighted by molar-refractivity contribution is 0.0655. The van der Waals surface area contributed by atoms with Gasteiger partial charge >= 0.3 is 0 Å². The van der Waals surface area contributed by atoms with Crippen LogP contribution in [0.15, 0.2) is 24.3 Å². The minimum absolute atomic E-state index is 0.273. The zero-order valence-electron chi connectivity index (χ0n) is 12.6. The predicted octanol–water partition coefficient (Wildman–Crippen LogP) is 2.79. The zero-order chi connectivity index (χ0) is 15.1. The fourth-order valence-corrected chi connectivity index (χ4v) is 4.40. The summed E-state index contributed by atoms with van der Waals surface area (Å²) in [5.41, 5.74) is 7.56. The molecule has 0 radical (unpaired) electrons. The lowest BCUT2D eigenvalue weighted by atomic mass is 10.0. The van der Waals surface area contributed by atoms with Crippen LogP contribution in [0.5, 0.6) is 5.19 Å². The molecule has 2 saturated heterocycles. The number of nitrogens with zero attached hydrogens (tertiary/aromatic N) is 3. The van der Waals surface area contributed by atoms with Crippen LogP contribution in [0.1, 0.15) is 25.7 Å². The number of anilines is 1. The molecule has 0 amide bonds. The summed E-state index contributed by atoms with van der Waals surface area (Å²) in [6.07, 6.45) is 5.06. The van der Waals surface area contributed by atoms with Gasteiger partial charge in [0.25, 0.3) is 5.19 Å². The summed E-state index contributed by atoms with van der Waals surface area (Å²) in [7, 11) is 2.24. The fraction of sp³-hybridized carbons (Fsp3) is 0.500. The van der Waals surface area contributed by atoms with E-state index in [-0.39, 0.29) is 6.10 Å². The van der Waals surface area contributed by atoms with Crippen molar-refractivity contribution in [2.45, 2.75) is 43.9 Å². The summed E-state index contributed by atoms with van der Waals surface area (Å²) < 4.78 is 6.10. The molecule has 3 heterocycles. The second-order valence-corrected chi connectivity index (χ2v) is 7.20. The number of ether oxygens (including phenoxy) is 1. The highest BCUT2D eigenvalue weighted by molar-refractivity contribution is 7.16. The van der Waals surface area contributed by atoms with Crippen LogP contribution in [0.2, 0.25) is 0 Å². The first-order valence-electron chi connectivity index (χ1n) is 7.77. The number of hydrogen-bond acceptors (Lipinski definition) is 6. The van der Waals surface area contributed by atoms with Crippen molar-refractivity contribution in [2.75, 3.05) is 12.8 Å². The van der Waals surface area contributed by atoms with Gasteiger partial charge in [0.2, 0.25) is 0 Å². The molecule has 0 aliphatic carbocycles. The van der Waals surface area contributed by atoms with Crippen LogP contribution >= 0.6 is 11.3 Å². The molecule has 3 atom stereocenters. The van der Waals surface area contributed by atoms with E-state index < -0.39 is 0 Å². The van der Waals surface area contributed by atoms with E-state index in [2.05, 4.69) is 22.1 Å². The van der Waals surface area contributed by atoms with Crippen LogP contribution < -0.4 is 10.5 Å². The van der Waals surface area contributed by atoms with Crippen LogP contribution in [0, 0.1) is 0 Å². The summed E-state index contributed by atoms with van der Waals surface area (Å²) in [4.78, 5) is 2.51. The van der Waals surface area contributed by atoms with Crippen LogP contribution in [0.3, 0.4) is 0 Å². The predicted molar refractivity (Wildman–Crippen MR) is 88.0 cm³/mol. The molecule has 116 valence electrons. The molecule has 2 unspecified atom stereocenters. The van der Waals surface area contributed by atoms with E-state index in [9.17, 15) is 0 Å². The highest BCUT2D eigenvalue weighted by atomic mass is 32.1. The molecular weight excluding hydrogens is 296 g/mol. The van der Waals surface area contributed by atoms with Gasteiger partial charge in [0, 0.05) is 23.3 Å². The van der Waals surface area contributed by atoms with Gasteiger partial charge in [0.05, 0.1) is 0 Å². The molecule has 4 rings (SSSR count). The van der Waals surface area contributed by atoms with Crippen LogP contribution in [-0.4, -0.2) is 40.3 Å². The first-order valence-corrected chi connectivity index (χ1v) is 8.58. The molecule has 2 aromatic rings. The van der Waals surface area contributed by atoms with Crippen molar-refractivity contribution in [3.05, 3.63) is 24.3 Å². The van der Waals surface area contributed by atoms with Gasteiger partial charge in [-0.1, -0.05) is 28.6 Å². The van der Waals surface area contributed by atoms with Gasteiger partial charge in [-0.15, -0.1) is 5.10 Å². The van der Waals surface area contributed by atoms with E-state index >= 15 is 0 Å². The number of benzene rings is 1. The van der Waals surface area contributed by atoms with E-state index in [0.29, 0.717) is 17.3 Å². The van der Waals surface area contributed by atoms with Crippen molar-refractivity contribution < 1.29 is 4.74 Å². The molecule has 2 N–H and O–H groups in total. The largest absolute Gasteiger partial charge is 0.465 e. The van der Waals surface area contributed by atoms with Gasteiger partial charge in [-0.2, -0.15) is 0 Å². The maximum atomic E-state index is 6.10. The maximum Gasteiger partial charge on any atom is 0.294 e. The average molecular weight is 316 g/mol. The monoisotopic (exact) mass is 316 g/mol. The summed E-state index contributed by atoms with van der Waals surface area (Å²) in [6.45, 7) is 0. The fourth-order valence-electron chi connectivity index (χ4n) is 3.65. The van der Waals surface area contributed by atoms with Crippen molar-refractivity contribution in [2.24, 2.45) is 0 Å². The third-order valence-corrected chi connectivity index (χ3v) is 5.73. The molecule has 6 heteroatoms. The Labute approximate surface area is 134 Å². The van der Waals surface area contributed by atoms with E-state index in [1.54, 1.807) is 0 Å². The van der Waals surface area contributed by atoms with Crippen LogP contribution in [-0.2, 0) is 0 Å². The molecule has 0 saturated carbocycles. The summed E-state index contributed by atoms with van der Waals surface area (Å²) >= 11 is 1.50. The highest BCUT2D eigenvalue weighted by Crippen LogP contribution is 2.37. The molecule has 22 heavy (non-hydrogen) atoms. The quantitative estimate of drug-likeness (QED) is 0.882. The molecule has 0 spiro atoms. The number of aromatic nitrogens is 2. The molecule has 1 aromatic carbocycles. The molecular formula is C16H20N4OS. The van der Waals surface area contributed by atoms with Crippen molar-refractivity contribution in [3.8, 4) is 15.8 Å². The third-order valence-electron chi connectivity index (χ3n) is 4.86. The summed E-state index contributed by atoms with van der Waals surface area (Å²) in [6, 6.07) is 9.06. The average Bonchev–Trinajstić information content (AvgIpc) is 3.02. The Bertz CT molecular complexity index is 660. The first-order chi connectivity index (χ1) is 10.7. The Kier molecular flexibility index (Phi) is 3.50. The van der Waals surface area contributed by atoms with Gasteiger partial charge in [0.1, 0.15) is 6.10 Å². The Morgan fingerprint density at radius 1 is 1.23 bits per heavy atom.